The van der Waals surface area contributed by atoms with E-state index in [-0.39, 0.29) is 11.9 Å². The van der Waals surface area contributed by atoms with E-state index in [9.17, 15) is 9.59 Å². The lowest BCUT2D eigenvalue weighted by Gasteiger charge is -2.07. The Morgan fingerprint density at radius 3 is 2.39 bits per heavy atom. The molecule has 7 nitrogen and oxygen atoms in total. The highest BCUT2D eigenvalue weighted by molar-refractivity contribution is 6.04. The summed E-state index contributed by atoms with van der Waals surface area (Å²) in [6.45, 7) is 1.32. The van der Waals surface area contributed by atoms with Gasteiger partial charge in [-0.3, -0.25) is 9.59 Å². The summed E-state index contributed by atoms with van der Waals surface area (Å²) in [7, 11) is 0. The van der Waals surface area contributed by atoms with Gasteiger partial charge in [-0.1, -0.05) is 6.07 Å². The molecule has 0 atom stereocenters. The molecule has 7 heteroatoms. The van der Waals surface area contributed by atoms with Crippen LogP contribution in [-0.2, 0) is 4.79 Å². The minimum atomic E-state index is -0.404. The first kappa shape index (κ1) is 16.0. The topological polar surface area (TPSA) is 120 Å². The van der Waals surface area contributed by atoms with Gasteiger partial charge >= 0.3 is 5.97 Å². The zero-order valence-electron chi connectivity index (χ0n) is 12.4. The van der Waals surface area contributed by atoms with Crippen molar-refractivity contribution in [2.24, 2.45) is 16.5 Å². The van der Waals surface area contributed by atoms with E-state index in [0.29, 0.717) is 22.7 Å². The normalized spacial score (nSPS) is 9.78. The van der Waals surface area contributed by atoms with Gasteiger partial charge < -0.3 is 21.5 Å². The minimum Gasteiger partial charge on any atom is -0.427 e. The van der Waals surface area contributed by atoms with Crippen molar-refractivity contribution >= 4 is 29.2 Å². The van der Waals surface area contributed by atoms with E-state index >= 15 is 0 Å². The van der Waals surface area contributed by atoms with Crippen LogP contribution in [0.5, 0.6) is 5.75 Å². The number of nitrogens with one attached hydrogen (secondary N) is 1. The standard InChI is InChI=1S/C16H16N4O3/c1-10(21)23-14-7-5-12(6-8-14)19-15(22)11-3-2-4-13(9-11)20-16(17)18/h2-9H,1H3,(H,19,22)(H4,17,18,20). The van der Waals surface area contributed by atoms with Crippen molar-refractivity contribution in [1.29, 1.82) is 0 Å². The Labute approximate surface area is 133 Å². The van der Waals surface area contributed by atoms with E-state index in [1.54, 1.807) is 48.5 Å². The van der Waals surface area contributed by atoms with Crippen LogP contribution in [0.4, 0.5) is 11.4 Å². The highest BCUT2D eigenvalue weighted by Crippen LogP contribution is 2.18. The molecular formula is C16H16N4O3. The smallest absolute Gasteiger partial charge is 0.308 e. The third-order valence-electron chi connectivity index (χ3n) is 2.74. The quantitative estimate of drug-likeness (QED) is 0.344. The zero-order chi connectivity index (χ0) is 16.8. The summed E-state index contributed by atoms with van der Waals surface area (Å²) >= 11 is 0. The zero-order valence-corrected chi connectivity index (χ0v) is 12.4. The Kier molecular flexibility index (Phi) is 4.93. The molecule has 0 aliphatic heterocycles. The van der Waals surface area contributed by atoms with Crippen LogP contribution in [0.1, 0.15) is 17.3 Å². The van der Waals surface area contributed by atoms with Crippen molar-refractivity contribution in [2.75, 3.05) is 5.32 Å². The predicted octanol–water partition coefficient (Wildman–Crippen LogP) is 1.77. The summed E-state index contributed by atoms with van der Waals surface area (Å²) in [6, 6.07) is 13.0. The Morgan fingerprint density at radius 1 is 1.09 bits per heavy atom. The van der Waals surface area contributed by atoms with Crippen LogP contribution in [-0.4, -0.2) is 17.8 Å². The Morgan fingerprint density at radius 2 is 1.78 bits per heavy atom. The van der Waals surface area contributed by atoms with Crippen molar-refractivity contribution in [3.63, 3.8) is 0 Å². The third-order valence-corrected chi connectivity index (χ3v) is 2.74. The molecule has 0 fully saturated rings. The van der Waals surface area contributed by atoms with E-state index in [4.69, 9.17) is 16.2 Å². The number of benzene rings is 2. The van der Waals surface area contributed by atoms with E-state index in [2.05, 4.69) is 10.3 Å². The van der Waals surface area contributed by atoms with Crippen LogP contribution in [0, 0.1) is 0 Å². The third kappa shape index (κ3) is 4.85. The Bertz CT molecular complexity index is 750. The van der Waals surface area contributed by atoms with Crippen molar-refractivity contribution in [2.45, 2.75) is 6.92 Å². The number of nitrogens with zero attached hydrogens (tertiary/aromatic N) is 1. The number of guanidine groups is 1. The molecule has 2 aromatic rings. The molecule has 5 N–H and O–H groups in total. The van der Waals surface area contributed by atoms with Crippen molar-refractivity contribution in [1.82, 2.24) is 0 Å². The van der Waals surface area contributed by atoms with Gasteiger partial charge in [0.25, 0.3) is 5.91 Å². The van der Waals surface area contributed by atoms with Gasteiger partial charge in [0.05, 0.1) is 5.69 Å². The Balaban J connectivity index is 2.10. The van der Waals surface area contributed by atoms with Gasteiger partial charge in [0.2, 0.25) is 0 Å². The van der Waals surface area contributed by atoms with Crippen LogP contribution in [0.2, 0.25) is 0 Å². The number of aliphatic imine (C=N–C) groups is 1. The highest BCUT2D eigenvalue weighted by atomic mass is 16.5. The van der Waals surface area contributed by atoms with E-state index in [0.717, 1.165) is 0 Å². The molecule has 2 rings (SSSR count). The van der Waals surface area contributed by atoms with Crippen LogP contribution >= 0.6 is 0 Å². The molecule has 0 radical (unpaired) electrons. The molecule has 118 valence electrons. The number of amides is 1. The van der Waals surface area contributed by atoms with Gasteiger partial charge in [-0.2, -0.15) is 0 Å². The molecule has 1 amide bonds. The number of anilines is 1. The van der Waals surface area contributed by atoms with Gasteiger partial charge in [-0.15, -0.1) is 0 Å². The van der Waals surface area contributed by atoms with E-state index < -0.39 is 5.97 Å². The van der Waals surface area contributed by atoms with Crippen molar-refractivity contribution in [3.8, 4) is 5.75 Å². The van der Waals surface area contributed by atoms with Gasteiger partial charge in [-0.05, 0) is 42.5 Å². The van der Waals surface area contributed by atoms with Crippen molar-refractivity contribution < 1.29 is 14.3 Å². The lowest BCUT2D eigenvalue weighted by molar-refractivity contribution is -0.131. The number of ether oxygens (including phenoxy) is 1. The average Bonchev–Trinajstić information content (AvgIpc) is 2.48. The molecule has 0 bridgehead atoms. The average molecular weight is 312 g/mol. The second-order valence-electron chi connectivity index (χ2n) is 4.66. The molecule has 0 saturated carbocycles. The largest absolute Gasteiger partial charge is 0.427 e. The number of rotatable bonds is 4. The SMILES string of the molecule is CC(=O)Oc1ccc(NC(=O)c2cccc(N=C(N)N)c2)cc1. The summed E-state index contributed by atoms with van der Waals surface area (Å²) in [5, 5.41) is 2.73. The van der Waals surface area contributed by atoms with E-state index in [1.807, 2.05) is 0 Å². The fourth-order valence-electron chi connectivity index (χ4n) is 1.84. The maximum Gasteiger partial charge on any atom is 0.308 e. The van der Waals surface area contributed by atoms with Gasteiger partial charge in [0.1, 0.15) is 5.75 Å². The van der Waals surface area contributed by atoms with Crippen LogP contribution in [0.25, 0.3) is 0 Å². The highest BCUT2D eigenvalue weighted by Gasteiger charge is 2.07. The lowest BCUT2D eigenvalue weighted by Crippen LogP contribution is -2.21. The summed E-state index contributed by atoms with van der Waals surface area (Å²) in [5.41, 5.74) is 12.1. The van der Waals surface area contributed by atoms with Crippen LogP contribution in [0.3, 0.4) is 0 Å². The second kappa shape index (κ2) is 7.08. The molecule has 0 aromatic heterocycles. The first-order chi connectivity index (χ1) is 10.9. The van der Waals surface area contributed by atoms with Gasteiger partial charge in [0, 0.05) is 18.2 Å². The molecule has 2 aromatic carbocycles. The predicted molar refractivity (Wildman–Crippen MR) is 87.6 cm³/mol. The number of hydrogen-bond donors (Lipinski definition) is 3. The summed E-state index contributed by atoms with van der Waals surface area (Å²) in [6.07, 6.45) is 0. The Hall–Kier alpha value is -3.35. The first-order valence-corrected chi connectivity index (χ1v) is 6.73. The van der Waals surface area contributed by atoms with Crippen molar-refractivity contribution in [3.05, 3.63) is 54.1 Å². The van der Waals surface area contributed by atoms with E-state index in [1.165, 1.54) is 6.92 Å². The minimum absolute atomic E-state index is 0.0800. The van der Waals surface area contributed by atoms with Gasteiger partial charge in [0.15, 0.2) is 5.96 Å². The fraction of sp³-hybridized carbons (Fsp3) is 0.0625. The molecule has 23 heavy (non-hydrogen) atoms. The number of hydrogen-bond acceptors (Lipinski definition) is 4. The number of esters is 1. The molecule has 0 unspecified atom stereocenters. The molecular weight excluding hydrogens is 296 g/mol. The second-order valence-corrected chi connectivity index (χ2v) is 4.66. The number of carbonyl (C=O) groups is 2. The van der Waals surface area contributed by atoms with Gasteiger partial charge in [-0.25, -0.2) is 4.99 Å². The maximum atomic E-state index is 12.2. The number of carbonyl (C=O) groups excluding carboxylic acids is 2. The van der Waals surface area contributed by atoms with Crippen LogP contribution in [0.15, 0.2) is 53.5 Å². The van der Waals surface area contributed by atoms with Crippen LogP contribution < -0.4 is 21.5 Å². The summed E-state index contributed by atoms with van der Waals surface area (Å²) in [4.78, 5) is 26.9. The number of nitrogens with two attached hydrogens (primary N) is 2. The molecule has 0 spiro atoms. The maximum absolute atomic E-state index is 12.2. The molecule has 0 aliphatic carbocycles. The monoisotopic (exact) mass is 312 g/mol. The fourth-order valence-corrected chi connectivity index (χ4v) is 1.84. The molecule has 0 saturated heterocycles. The molecule has 0 heterocycles. The summed E-state index contributed by atoms with van der Waals surface area (Å²) < 4.78 is 4.92. The first-order valence-electron chi connectivity index (χ1n) is 6.73. The summed E-state index contributed by atoms with van der Waals surface area (Å²) in [5.74, 6) is -0.384. The lowest BCUT2D eigenvalue weighted by atomic mass is 10.2. The molecule has 0 aliphatic rings.